The molecular weight excluding hydrogens is 242 g/mol. The lowest BCUT2D eigenvalue weighted by atomic mass is 10.1. The Balaban J connectivity index is 2.03. The van der Waals surface area contributed by atoms with E-state index in [4.69, 9.17) is 5.73 Å². The molecule has 5 nitrogen and oxygen atoms in total. The van der Waals surface area contributed by atoms with E-state index in [0.29, 0.717) is 11.3 Å². The van der Waals surface area contributed by atoms with Crippen LogP contribution in [-0.4, -0.2) is 24.9 Å². The van der Waals surface area contributed by atoms with E-state index in [9.17, 15) is 9.59 Å². The zero-order valence-corrected chi connectivity index (χ0v) is 11.0. The fourth-order valence-electron chi connectivity index (χ4n) is 2.38. The monoisotopic (exact) mass is 261 g/mol. The summed E-state index contributed by atoms with van der Waals surface area (Å²) in [5, 5.41) is 5.40. The van der Waals surface area contributed by atoms with E-state index in [1.54, 1.807) is 31.3 Å². The van der Waals surface area contributed by atoms with Gasteiger partial charge in [-0.15, -0.1) is 0 Å². The third-order valence-corrected chi connectivity index (χ3v) is 3.46. The number of nitrogens with two attached hydrogens (primary N) is 1. The molecule has 1 aromatic rings. The van der Waals surface area contributed by atoms with Crippen molar-refractivity contribution < 1.29 is 9.59 Å². The van der Waals surface area contributed by atoms with Crippen LogP contribution >= 0.6 is 0 Å². The summed E-state index contributed by atoms with van der Waals surface area (Å²) in [5.41, 5.74) is 6.98. The van der Waals surface area contributed by atoms with Crippen LogP contribution in [0.5, 0.6) is 0 Å². The number of anilines is 1. The molecule has 1 saturated carbocycles. The average molecular weight is 261 g/mol. The van der Waals surface area contributed by atoms with Gasteiger partial charge in [0.1, 0.15) is 0 Å². The number of nitrogens with one attached hydrogen (secondary N) is 2. The Morgan fingerprint density at radius 2 is 2.11 bits per heavy atom. The first kappa shape index (κ1) is 13.5. The van der Waals surface area contributed by atoms with Crippen LogP contribution in [0.4, 0.5) is 5.69 Å². The highest BCUT2D eigenvalue weighted by Gasteiger charge is 2.27. The van der Waals surface area contributed by atoms with Crippen LogP contribution in [0.3, 0.4) is 0 Å². The Kier molecular flexibility index (Phi) is 4.16. The lowest BCUT2D eigenvalue weighted by Crippen LogP contribution is -2.23. The number of carbonyl (C=O) groups is 2. The van der Waals surface area contributed by atoms with Gasteiger partial charge in [0.15, 0.2) is 0 Å². The van der Waals surface area contributed by atoms with Crippen molar-refractivity contribution in [2.24, 2.45) is 11.7 Å². The molecule has 2 rings (SSSR count). The molecule has 5 heteroatoms. The Morgan fingerprint density at radius 1 is 1.32 bits per heavy atom. The molecule has 0 aliphatic heterocycles. The molecule has 0 spiro atoms. The highest BCUT2D eigenvalue weighted by atomic mass is 16.2. The summed E-state index contributed by atoms with van der Waals surface area (Å²) in [5.74, 6) is -0.195. The number of hydrogen-bond acceptors (Lipinski definition) is 3. The van der Waals surface area contributed by atoms with E-state index < -0.39 is 0 Å². The first-order valence-corrected chi connectivity index (χ1v) is 6.48. The van der Waals surface area contributed by atoms with Gasteiger partial charge in [-0.3, -0.25) is 9.59 Å². The smallest absolute Gasteiger partial charge is 0.251 e. The SMILES string of the molecule is CNC(=O)c1cccc(NC(=O)C2CCC(N)C2)c1. The van der Waals surface area contributed by atoms with Gasteiger partial charge in [0.2, 0.25) is 5.91 Å². The predicted molar refractivity (Wildman–Crippen MR) is 73.8 cm³/mol. The first-order chi connectivity index (χ1) is 9.10. The minimum absolute atomic E-state index is 0.0120. The standard InChI is InChI=1S/C14H19N3O2/c1-16-13(18)9-3-2-4-12(8-9)17-14(19)10-5-6-11(15)7-10/h2-4,8,10-11H,5-7,15H2,1H3,(H,16,18)(H,17,19). The summed E-state index contributed by atoms with van der Waals surface area (Å²) >= 11 is 0. The average Bonchev–Trinajstić information content (AvgIpc) is 2.85. The Hall–Kier alpha value is -1.88. The first-order valence-electron chi connectivity index (χ1n) is 6.48. The molecule has 0 saturated heterocycles. The summed E-state index contributed by atoms with van der Waals surface area (Å²) in [4.78, 5) is 23.6. The van der Waals surface area contributed by atoms with Gasteiger partial charge < -0.3 is 16.4 Å². The van der Waals surface area contributed by atoms with E-state index in [1.165, 1.54) is 0 Å². The summed E-state index contributed by atoms with van der Waals surface area (Å²) in [6, 6.07) is 7.04. The third-order valence-electron chi connectivity index (χ3n) is 3.46. The molecule has 19 heavy (non-hydrogen) atoms. The van der Waals surface area contributed by atoms with Crippen LogP contribution in [0, 0.1) is 5.92 Å². The molecule has 1 aromatic carbocycles. The number of amides is 2. The van der Waals surface area contributed by atoms with Gasteiger partial charge in [0.05, 0.1) is 0 Å². The van der Waals surface area contributed by atoms with Crippen molar-refractivity contribution in [1.82, 2.24) is 5.32 Å². The zero-order valence-electron chi connectivity index (χ0n) is 11.0. The molecule has 0 heterocycles. The molecule has 0 bridgehead atoms. The van der Waals surface area contributed by atoms with E-state index in [2.05, 4.69) is 10.6 Å². The maximum atomic E-state index is 12.0. The second kappa shape index (κ2) is 5.84. The van der Waals surface area contributed by atoms with Crippen molar-refractivity contribution in [3.63, 3.8) is 0 Å². The third kappa shape index (κ3) is 3.32. The van der Waals surface area contributed by atoms with Crippen LogP contribution in [0.25, 0.3) is 0 Å². The Morgan fingerprint density at radius 3 is 2.74 bits per heavy atom. The lowest BCUT2D eigenvalue weighted by molar-refractivity contribution is -0.119. The molecule has 1 fully saturated rings. The normalized spacial score (nSPS) is 22.0. The van der Waals surface area contributed by atoms with Gasteiger partial charge in [-0.05, 0) is 37.5 Å². The summed E-state index contributed by atoms with van der Waals surface area (Å²) in [7, 11) is 1.58. The Bertz CT molecular complexity index is 487. The van der Waals surface area contributed by atoms with Crippen LogP contribution in [-0.2, 0) is 4.79 Å². The fraction of sp³-hybridized carbons (Fsp3) is 0.429. The van der Waals surface area contributed by atoms with Crippen molar-refractivity contribution in [3.8, 4) is 0 Å². The van der Waals surface area contributed by atoms with Crippen molar-refractivity contribution in [2.45, 2.75) is 25.3 Å². The molecule has 2 amide bonds. The molecular formula is C14H19N3O2. The molecule has 0 aromatic heterocycles. The minimum Gasteiger partial charge on any atom is -0.355 e. The topological polar surface area (TPSA) is 84.2 Å². The second-order valence-corrected chi connectivity index (χ2v) is 4.92. The number of hydrogen-bond donors (Lipinski definition) is 3. The molecule has 102 valence electrons. The summed E-state index contributed by atoms with van der Waals surface area (Å²) in [6.07, 6.45) is 2.47. The van der Waals surface area contributed by atoms with Gasteiger partial charge in [-0.1, -0.05) is 6.07 Å². The quantitative estimate of drug-likeness (QED) is 0.762. The lowest BCUT2D eigenvalue weighted by Gasteiger charge is -2.11. The van der Waals surface area contributed by atoms with Gasteiger partial charge in [0.25, 0.3) is 5.91 Å². The number of carbonyl (C=O) groups excluding carboxylic acids is 2. The molecule has 4 N–H and O–H groups in total. The van der Waals surface area contributed by atoms with E-state index in [-0.39, 0.29) is 23.8 Å². The highest BCUT2D eigenvalue weighted by molar-refractivity contribution is 5.97. The Labute approximate surface area is 112 Å². The zero-order chi connectivity index (χ0) is 13.8. The predicted octanol–water partition coefficient (Wildman–Crippen LogP) is 1.11. The van der Waals surface area contributed by atoms with Crippen LogP contribution in [0.15, 0.2) is 24.3 Å². The van der Waals surface area contributed by atoms with E-state index in [1.807, 2.05) is 0 Å². The summed E-state index contributed by atoms with van der Waals surface area (Å²) < 4.78 is 0. The highest BCUT2D eigenvalue weighted by Crippen LogP contribution is 2.25. The number of benzene rings is 1. The van der Waals surface area contributed by atoms with Crippen molar-refractivity contribution in [3.05, 3.63) is 29.8 Å². The van der Waals surface area contributed by atoms with Crippen molar-refractivity contribution in [2.75, 3.05) is 12.4 Å². The van der Waals surface area contributed by atoms with Gasteiger partial charge >= 0.3 is 0 Å². The molecule has 1 aliphatic carbocycles. The van der Waals surface area contributed by atoms with Crippen molar-refractivity contribution in [1.29, 1.82) is 0 Å². The molecule has 0 radical (unpaired) electrons. The van der Waals surface area contributed by atoms with Crippen LogP contribution in [0.1, 0.15) is 29.6 Å². The van der Waals surface area contributed by atoms with Crippen LogP contribution in [0.2, 0.25) is 0 Å². The van der Waals surface area contributed by atoms with Crippen LogP contribution < -0.4 is 16.4 Å². The molecule has 1 aliphatic rings. The maximum absolute atomic E-state index is 12.0. The minimum atomic E-state index is -0.168. The van der Waals surface area contributed by atoms with Gasteiger partial charge in [-0.25, -0.2) is 0 Å². The molecule has 2 atom stereocenters. The van der Waals surface area contributed by atoms with Gasteiger partial charge in [0, 0.05) is 30.3 Å². The van der Waals surface area contributed by atoms with E-state index in [0.717, 1.165) is 19.3 Å². The second-order valence-electron chi connectivity index (χ2n) is 4.92. The number of rotatable bonds is 3. The van der Waals surface area contributed by atoms with E-state index >= 15 is 0 Å². The molecule has 2 unspecified atom stereocenters. The fourth-order valence-corrected chi connectivity index (χ4v) is 2.38. The largest absolute Gasteiger partial charge is 0.355 e. The van der Waals surface area contributed by atoms with Gasteiger partial charge in [-0.2, -0.15) is 0 Å². The summed E-state index contributed by atoms with van der Waals surface area (Å²) in [6.45, 7) is 0. The maximum Gasteiger partial charge on any atom is 0.251 e. The van der Waals surface area contributed by atoms with Crippen molar-refractivity contribution >= 4 is 17.5 Å².